The van der Waals surface area contributed by atoms with Crippen molar-refractivity contribution in [3.05, 3.63) is 34.2 Å². The summed E-state index contributed by atoms with van der Waals surface area (Å²) in [6.45, 7) is 7.14. The van der Waals surface area contributed by atoms with Gasteiger partial charge >= 0.3 is 0 Å². The minimum atomic E-state index is 0.122. The van der Waals surface area contributed by atoms with Crippen molar-refractivity contribution in [1.82, 2.24) is 9.88 Å². The van der Waals surface area contributed by atoms with E-state index in [2.05, 4.69) is 35.4 Å². The number of carbonyl (C=O) groups is 1. The fourth-order valence-electron chi connectivity index (χ4n) is 4.10. The second kappa shape index (κ2) is 6.89. The van der Waals surface area contributed by atoms with Crippen LogP contribution in [0.15, 0.2) is 23.6 Å². The molecule has 132 valence electrons. The normalized spacial score (nSPS) is 20.7. The van der Waals surface area contributed by atoms with E-state index in [0.717, 1.165) is 29.9 Å². The van der Waals surface area contributed by atoms with Crippen molar-refractivity contribution in [3.63, 3.8) is 0 Å². The topological polar surface area (TPSA) is 36.4 Å². The van der Waals surface area contributed by atoms with Crippen LogP contribution < -0.4 is 4.90 Å². The predicted molar refractivity (Wildman–Crippen MR) is 103 cm³/mol. The van der Waals surface area contributed by atoms with E-state index in [1.54, 1.807) is 18.3 Å². The van der Waals surface area contributed by atoms with Gasteiger partial charge in [0.05, 0.1) is 12.2 Å². The van der Waals surface area contributed by atoms with Crippen molar-refractivity contribution in [2.24, 2.45) is 0 Å². The number of rotatable bonds is 3. The number of amides is 1. The van der Waals surface area contributed by atoms with E-state index in [4.69, 9.17) is 4.98 Å². The summed E-state index contributed by atoms with van der Waals surface area (Å²) in [6, 6.07) is 6.65. The molecule has 0 N–H and O–H groups in total. The van der Waals surface area contributed by atoms with Crippen molar-refractivity contribution in [2.45, 2.75) is 52.1 Å². The van der Waals surface area contributed by atoms with Gasteiger partial charge in [-0.25, -0.2) is 4.98 Å². The zero-order chi connectivity index (χ0) is 17.4. The monoisotopic (exact) mass is 355 g/mol. The summed E-state index contributed by atoms with van der Waals surface area (Å²) in [4.78, 5) is 21.2. The number of aromatic nitrogens is 1. The minimum Gasteiger partial charge on any atom is -0.309 e. The van der Waals surface area contributed by atoms with Crippen LogP contribution in [0.3, 0.4) is 0 Å². The SMILES string of the molecule is CC(=O)N1c2ccc(-c3csc(CN4CCCCC4)n3)cc2CC1C. The Morgan fingerprint density at radius 2 is 2.08 bits per heavy atom. The quantitative estimate of drug-likeness (QED) is 0.832. The fourth-order valence-corrected chi connectivity index (χ4v) is 4.94. The zero-order valence-corrected chi connectivity index (χ0v) is 15.8. The molecule has 4 nitrogen and oxygen atoms in total. The molecule has 1 unspecified atom stereocenters. The van der Waals surface area contributed by atoms with Crippen LogP contribution in [-0.2, 0) is 17.8 Å². The highest BCUT2D eigenvalue weighted by Gasteiger charge is 2.29. The summed E-state index contributed by atoms with van der Waals surface area (Å²) in [6.07, 6.45) is 4.92. The average Bonchev–Trinajstić information content (AvgIpc) is 3.18. The predicted octanol–water partition coefficient (Wildman–Crippen LogP) is 4.09. The maximum absolute atomic E-state index is 11.9. The Kier molecular flexibility index (Phi) is 4.61. The number of hydrogen-bond acceptors (Lipinski definition) is 4. The molecule has 1 atom stereocenters. The molecule has 3 heterocycles. The van der Waals surface area contributed by atoms with Gasteiger partial charge in [0.2, 0.25) is 5.91 Å². The van der Waals surface area contributed by atoms with Gasteiger partial charge in [-0.15, -0.1) is 11.3 Å². The number of benzene rings is 1. The van der Waals surface area contributed by atoms with Crippen LogP contribution in [0.25, 0.3) is 11.3 Å². The van der Waals surface area contributed by atoms with E-state index in [1.165, 1.54) is 42.9 Å². The molecule has 1 amide bonds. The molecule has 2 aliphatic heterocycles. The van der Waals surface area contributed by atoms with E-state index in [9.17, 15) is 4.79 Å². The molecule has 0 radical (unpaired) electrons. The standard InChI is InChI=1S/C20H25N3OS/c1-14-10-17-11-16(6-7-19(17)23(14)15(2)24)18-13-25-20(21-18)12-22-8-4-3-5-9-22/h6-7,11,13-14H,3-5,8-10,12H2,1-2H3. The molecule has 2 aromatic rings. The molecule has 25 heavy (non-hydrogen) atoms. The first-order valence-electron chi connectivity index (χ1n) is 9.21. The highest BCUT2D eigenvalue weighted by Crippen LogP contribution is 2.35. The van der Waals surface area contributed by atoms with Crippen LogP contribution in [-0.4, -0.2) is 34.9 Å². The van der Waals surface area contributed by atoms with Gasteiger partial charge in [0.15, 0.2) is 0 Å². The van der Waals surface area contributed by atoms with Crippen molar-refractivity contribution in [3.8, 4) is 11.3 Å². The Bertz CT molecular complexity index is 779. The molecule has 5 heteroatoms. The van der Waals surface area contributed by atoms with E-state index >= 15 is 0 Å². The molecule has 0 saturated carbocycles. The lowest BCUT2D eigenvalue weighted by Gasteiger charge is -2.25. The Morgan fingerprint density at radius 3 is 2.84 bits per heavy atom. The Morgan fingerprint density at radius 1 is 1.28 bits per heavy atom. The first-order valence-corrected chi connectivity index (χ1v) is 10.1. The molecule has 2 aliphatic rings. The highest BCUT2D eigenvalue weighted by atomic mass is 32.1. The molecule has 0 bridgehead atoms. The van der Waals surface area contributed by atoms with Gasteiger partial charge in [0.25, 0.3) is 0 Å². The van der Waals surface area contributed by atoms with E-state index in [1.807, 2.05) is 4.90 Å². The smallest absolute Gasteiger partial charge is 0.224 e. The molecule has 1 fully saturated rings. The third-order valence-electron chi connectivity index (χ3n) is 5.29. The Labute approximate surface area is 153 Å². The lowest BCUT2D eigenvalue weighted by molar-refractivity contribution is -0.116. The summed E-state index contributed by atoms with van der Waals surface area (Å²) >= 11 is 1.76. The van der Waals surface area contributed by atoms with Crippen molar-refractivity contribution in [2.75, 3.05) is 18.0 Å². The molecule has 0 aliphatic carbocycles. The molecule has 1 saturated heterocycles. The summed E-state index contributed by atoms with van der Waals surface area (Å²) in [5.74, 6) is 0.122. The van der Waals surface area contributed by atoms with Crippen molar-refractivity contribution >= 4 is 22.9 Å². The van der Waals surface area contributed by atoms with Gasteiger partial charge in [0, 0.05) is 29.6 Å². The highest BCUT2D eigenvalue weighted by molar-refractivity contribution is 7.09. The second-order valence-electron chi connectivity index (χ2n) is 7.25. The fraction of sp³-hybridized carbons (Fsp3) is 0.500. The number of carbonyl (C=O) groups excluding carboxylic acids is 1. The number of thiazole rings is 1. The number of fused-ring (bicyclic) bond motifs is 1. The van der Waals surface area contributed by atoms with Gasteiger partial charge < -0.3 is 4.90 Å². The lowest BCUT2D eigenvalue weighted by Crippen LogP contribution is -2.33. The summed E-state index contributed by atoms with van der Waals surface area (Å²) in [7, 11) is 0. The van der Waals surface area contributed by atoms with E-state index < -0.39 is 0 Å². The number of piperidine rings is 1. The van der Waals surface area contributed by atoms with Crippen LogP contribution in [0.1, 0.15) is 43.7 Å². The maximum atomic E-state index is 11.9. The lowest BCUT2D eigenvalue weighted by atomic mass is 10.1. The van der Waals surface area contributed by atoms with Gasteiger partial charge in [0.1, 0.15) is 5.01 Å². The average molecular weight is 356 g/mol. The number of hydrogen-bond donors (Lipinski definition) is 0. The van der Waals surface area contributed by atoms with Gasteiger partial charge in [-0.05, 0) is 57.0 Å². The largest absolute Gasteiger partial charge is 0.309 e. The third-order valence-corrected chi connectivity index (χ3v) is 6.12. The second-order valence-corrected chi connectivity index (χ2v) is 8.19. The van der Waals surface area contributed by atoms with Crippen LogP contribution in [0, 0.1) is 0 Å². The van der Waals surface area contributed by atoms with Crippen LogP contribution in [0.4, 0.5) is 5.69 Å². The van der Waals surface area contributed by atoms with Crippen molar-refractivity contribution < 1.29 is 4.79 Å². The van der Waals surface area contributed by atoms with Gasteiger partial charge in [-0.2, -0.15) is 0 Å². The Hall–Kier alpha value is -1.72. The Balaban J connectivity index is 1.53. The summed E-state index contributed by atoms with van der Waals surface area (Å²) < 4.78 is 0. The van der Waals surface area contributed by atoms with E-state index in [-0.39, 0.29) is 11.9 Å². The van der Waals surface area contributed by atoms with Gasteiger partial charge in [-0.3, -0.25) is 9.69 Å². The van der Waals surface area contributed by atoms with Crippen LogP contribution in [0.2, 0.25) is 0 Å². The zero-order valence-electron chi connectivity index (χ0n) is 15.0. The first-order chi connectivity index (χ1) is 12.1. The molecule has 1 aromatic heterocycles. The molecule has 0 spiro atoms. The van der Waals surface area contributed by atoms with Crippen LogP contribution >= 0.6 is 11.3 Å². The minimum absolute atomic E-state index is 0.122. The summed E-state index contributed by atoms with van der Waals surface area (Å²) in [5, 5.41) is 3.37. The maximum Gasteiger partial charge on any atom is 0.224 e. The molecule has 4 rings (SSSR count). The van der Waals surface area contributed by atoms with Gasteiger partial charge in [-0.1, -0.05) is 12.5 Å². The summed E-state index contributed by atoms with van der Waals surface area (Å²) in [5.41, 5.74) is 4.55. The van der Waals surface area contributed by atoms with Crippen LogP contribution in [0.5, 0.6) is 0 Å². The number of likely N-dealkylation sites (tertiary alicyclic amines) is 1. The molecular formula is C20H25N3OS. The first kappa shape index (κ1) is 16.7. The molecular weight excluding hydrogens is 330 g/mol. The number of anilines is 1. The van der Waals surface area contributed by atoms with E-state index in [0.29, 0.717) is 0 Å². The third kappa shape index (κ3) is 3.35. The molecule has 1 aromatic carbocycles. The van der Waals surface area contributed by atoms with Crippen molar-refractivity contribution in [1.29, 1.82) is 0 Å². The number of nitrogens with zero attached hydrogens (tertiary/aromatic N) is 3.